The van der Waals surface area contributed by atoms with E-state index in [0.717, 1.165) is 38.9 Å². The lowest BCUT2D eigenvalue weighted by Gasteiger charge is -2.31. The molecule has 0 spiro atoms. The molecule has 0 unspecified atom stereocenters. The molecule has 0 bridgehead atoms. The Kier molecular flexibility index (Phi) is 4.96. The Morgan fingerprint density at radius 2 is 2.42 bits per heavy atom. The van der Waals surface area contributed by atoms with Gasteiger partial charge in [0.2, 0.25) is 0 Å². The number of carbonyl (C=O) groups excluding carboxylic acids is 1. The van der Waals surface area contributed by atoms with Gasteiger partial charge in [0, 0.05) is 38.4 Å². The van der Waals surface area contributed by atoms with Gasteiger partial charge >= 0.3 is 5.97 Å². The van der Waals surface area contributed by atoms with Crippen LogP contribution in [0.4, 0.5) is 0 Å². The lowest BCUT2D eigenvalue weighted by atomic mass is 9.98. The fourth-order valence-corrected chi connectivity index (χ4v) is 2.63. The second-order valence-corrected chi connectivity index (χ2v) is 5.09. The van der Waals surface area contributed by atoms with Crippen LogP contribution in [0.5, 0.6) is 0 Å². The molecule has 0 saturated carbocycles. The average Bonchev–Trinajstić information content (AvgIpc) is 2.82. The molecule has 5 heteroatoms. The first-order valence-electron chi connectivity index (χ1n) is 7.06. The van der Waals surface area contributed by atoms with Crippen molar-refractivity contribution in [3.63, 3.8) is 0 Å². The number of ether oxygens (including phenoxy) is 1. The summed E-state index contributed by atoms with van der Waals surface area (Å²) in [6.07, 6.45) is 4.84. The molecule has 19 heavy (non-hydrogen) atoms. The van der Waals surface area contributed by atoms with E-state index in [0.29, 0.717) is 6.61 Å². The molecule has 1 saturated heterocycles. The molecule has 1 aliphatic rings. The third-order valence-electron chi connectivity index (χ3n) is 3.73. The molecule has 0 N–H and O–H groups in total. The fourth-order valence-electron chi connectivity index (χ4n) is 2.63. The molecule has 1 aliphatic heterocycles. The van der Waals surface area contributed by atoms with Gasteiger partial charge in [-0.15, -0.1) is 0 Å². The molecule has 1 atom stereocenters. The van der Waals surface area contributed by atoms with Gasteiger partial charge in [-0.3, -0.25) is 9.48 Å². The monoisotopic (exact) mass is 265 g/mol. The Labute approximate surface area is 114 Å². The summed E-state index contributed by atoms with van der Waals surface area (Å²) >= 11 is 0. The Morgan fingerprint density at radius 3 is 3.11 bits per heavy atom. The highest BCUT2D eigenvalue weighted by Crippen LogP contribution is 2.18. The summed E-state index contributed by atoms with van der Waals surface area (Å²) in [5.41, 5.74) is 1.23. The van der Waals surface area contributed by atoms with E-state index in [1.54, 1.807) is 0 Å². The van der Waals surface area contributed by atoms with Crippen molar-refractivity contribution in [2.24, 2.45) is 13.0 Å². The van der Waals surface area contributed by atoms with Gasteiger partial charge in [-0.2, -0.15) is 5.10 Å². The van der Waals surface area contributed by atoms with Crippen LogP contribution in [-0.2, 0) is 23.0 Å². The van der Waals surface area contributed by atoms with E-state index < -0.39 is 0 Å². The van der Waals surface area contributed by atoms with Crippen molar-refractivity contribution >= 4 is 5.97 Å². The summed E-state index contributed by atoms with van der Waals surface area (Å²) < 4.78 is 7.03. The van der Waals surface area contributed by atoms with E-state index in [2.05, 4.69) is 10.00 Å². The number of piperidine rings is 1. The molecule has 106 valence electrons. The van der Waals surface area contributed by atoms with Crippen LogP contribution >= 0.6 is 0 Å². The van der Waals surface area contributed by atoms with Crippen molar-refractivity contribution in [1.82, 2.24) is 14.7 Å². The van der Waals surface area contributed by atoms with Crippen molar-refractivity contribution in [1.29, 1.82) is 0 Å². The van der Waals surface area contributed by atoms with E-state index in [9.17, 15) is 4.79 Å². The first kappa shape index (κ1) is 14.1. The van der Waals surface area contributed by atoms with Gasteiger partial charge in [0.25, 0.3) is 0 Å². The number of likely N-dealkylation sites (tertiary alicyclic amines) is 1. The van der Waals surface area contributed by atoms with Crippen molar-refractivity contribution in [2.45, 2.75) is 26.2 Å². The van der Waals surface area contributed by atoms with Crippen LogP contribution in [0.3, 0.4) is 0 Å². The Hall–Kier alpha value is -1.36. The van der Waals surface area contributed by atoms with E-state index in [1.807, 2.05) is 30.9 Å². The predicted octanol–water partition coefficient (Wildman–Crippen LogP) is 1.24. The molecule has 1 fully saturated rings. The topological polar surface area (TPSA) is 47.4 Å². The third kappa shape index (κ3) is 3.80. The SMILES string of the molecule is CCOC(=O)[C@H]1CCCN(CCc2ccnn2C)C1. The Balaban J connectivity index is 1.81. The van der Waals surface area contributed by atoms with Crippen molar-refractivity contribution < 1.29 is 9.53 Å². The average molecular weight is 265 g/mol. The Morgan fingerprint density at radius 1 is 1.58 bits per heavy atom. The molecule has 0 aliphatic carbocycles. The maximum atomic E-state index is 11.8. The second kappa shape index (κ2) is 6.70. The first-order chi connectivity index (χ1) is 9.20. The van der Waals surface area contributed by atoms with E-state index in [1.165, 1.54) is 5.69 Å². The van der Waals surface area contributed by atoms with Gasteiger partial charge < -0.3 is 9.64 Å². The van der Waals surface area contributed by atoms with Gasteiger partial charge in [-0.05, 0) is 32.4 Å². The number of esters is 1. The zero-order chi connectivity index (χ0) is 13.7. The van der Waals surface area contributed by atoms with Crippen molar-refractivity contribution in [3.8, 4) is 0 Å². The maximum absolute atomic E-state index is 11.8. The highest BCUT2D eigenvalue weighted by atomic mass is 16.5. The van der Waals surface area contributed by atoms with E-state index >= 15 is 0 Å². The summed E-state index contributed by atoms with van der Waals surface area (Å²) in [6, 6.07) is 2.05. The minimum atomic E-state index is -0.0345. The fraction of sp³-hybridized carbons (Fsp3) is 0.714. The minimum Gasteiger partial charge on any atom is -0.466 e. The number of rotatable bonds is 5. The summed E-state index contributed by atoms with van der Waals surface area (Å²) in [5.74, 6) is 0.0213. The highest BCUT2D eigenvalue weighted by Gasteiger charge is 2.26. The van der Waals surface area contributed by atoms with Crippen LogP contribution in [0, 0.1) is 5.92 Å². The summed E-state index contributed by atoms with van der Waals surface area (Å²) in [4.78, 5) is 14.1. The smallest absolute Gasteiger partial charge is 0.310 e. The molecule has 2 rings (SSSR count). The molecular formula is C14H23N3O2. The molecule has 0 aromatic carbocycles. The summed E-state index contributed by atoms with van der Waals surface area (Å²) in [7, 11) is 1.97. The van der Waals surface area contributed by atoms with Crippen LogP contribution in [-0.4, -0.2) is 46.9 Å². The number of hydrogen-bond donors (Lipinski definition) is 0. The number of hydrogen-bond acceptors (Lipinski definition) is 4. The van der Waals surface area contributed by atoms with Gasteiger partial charge in [0.05, 0.1) is 12.5 Å². The predicted molar refractivity (Wildman–Crippen MR) is 72.7 cm³/mol. The lowest BCUT2D eigenvalue weighted by Crippen LogP contribution is -2.40. The summed E-state index contributed by atoms with van der Waals surface area (Å²) in [6.45, 7) is 5.23. The minimum absolute atomic E-state index is 0.0345. The molecule has 1 aromatic heterocycles. The molecular weight excluding hydrogens is 242 g/mol. The van der Waals surface area contributed by atoms with Gasteiger partial charge in [0.1, 0.15) is 0 Å². The first-order valence-corrected chi connectivity index (χ1v) is 7.06. The number of carbonyl (C=O) groups is 1. The molecule has 0 radical (unpaired) electrons. The van der Waals surface area contributed by atoms with Crippen LogP contribution < -0.4 is 0 Å². The molecule has 1 aromatic rings. The Bertz CT molecular complexity index is 417. The molecule has 5 nitrogen and oxygen atoms in total. The van der Waals surface area contributed by atoms with Crippen LogP contribution in [0.1, 0.15) is 25.5 Å². The summed E-state index contributed by atoms with van der Waals surface area (Å²) in [5, 5.41) is 4.17. The number of aryl methyl sites for hydroxylation is 1. The largest absolute Gasteiger partial charge is 0.466 e. The second-order valence-electron chi connectivity index (χ2n) is 5.09. The highest BCUT2D eigenvalue weighted by molar-refractivity contribution is 5.72. The zero-order valence-electron chi connectivity index (χ0n) is 11.8. The lowest BCUT2D eigenvalue weighted by molar-refractivity contribution is -0.149. The van der Waals surface area contributed by atoms with Gasteiger partial charge in [-0.25, -0.2) is 0 Å². The zero-order valence-corrected chi connectivity index (χ0v) is 11.8. The number of aromatic nitrogens is 2. The molecule has 2 heterocycles. The van der Waals surface area contributed by atoms with Crippen LogP contribution in [0.25, 0.3) is 0 Å². The van der Waals surface area contributed by atoms with E-state index in [-0.39, 0.29) is 11.9 Å². The van der Waals surface area contributed by atoms with Crippen LogP contribution in [0.2, 0.25) is 0 Å². The van der Waals surface area contributed by atoms with E-state index in [4.69, 9.17) is 4.74 Å². The number of nitrogens with zero attached hydrogens (tertiary/aromatic N) is 3. The van der Waals surface area contributed by atoms with Gasteiger partial charge in [-0.1, -0.05) is 0 Å². The quantitative estimate of drug-likeness (QED) is 0.752. The third-order valence-corrected chi connectivity index (χ3v) is 3.73. The van der Waals surface area contributed by atoms with Crippen molar-refractivity contribution in [3.05, 3.63) is 18.0 Å². The van der Waals surface area contributed by atoms with Crippen molar-refractivity contribution in [2.75, 3.05) is 26.2 Å². The standard InChI is InChI=1S/C14H23N3O2/c1-3-19-14(18)12-5-4-9-17(11-12)10-7-13-6-8-15-16(13)2/h6,8,12H,3-5,7,9-11H2,1-2H3/t12-/m0/s1. The van der Waals surface area contributed by atoms with Crippen LogP contribution in [0.15, 0.2) is 12.3 Å². The van der Waals surface area contributed by atoms with Gasteiger partial charge in [0.15, 0.2) is 0 Å². The maximum Gasteiger partial charge on any atom is 0.310 e. The normalized spacial score (nSPS) is 20.4. The molecule has 0 amide bonds.